The van der Waals surface area contributed by atoms with Crippen LogP contribution in [0.25, 0.3) is 0 Å². The summed E-state index contributed by atoms with van der Waals surface area (Å²) in [5.41, 5.74) is 0. The SMILES string of the molecule is N#CB1CCC(CCCCNc2cccc([N+](=O)[O-])n2)CC1. The van der Waals surface area contributed by atoms with Crippen LogP contribution in [0.5, 0.6) is 0 Å². The first-order chi connectivity index (χ1) is 10.7. The Balaban J connectivity index is 1.61. The highest BCUT2D eigenvalue weighted by Crippen LogP contribution is 2.28. The molecule has 0 saturated carbocycles. The van der Waals surface area contributed by atoms with Crippen molar-refractivity contribution in [2.24, 2.45) is 5.92 Å². The van der Waals surface area contributed by atoms with Gasteiger partial charge in [-0.3, -0.25) is 0 Å². The summed E-state index contributed by atoms with van der Waals surface area (Å²) < 4.78 is 0. The largest absolute Gasteiger partial charge is 0.365 e. The molecule has 0 radical (unpaired) electrons. The lowest BCUT2D eigenvalue weighted by Gasteiger charge is -2.22. The Hall–Kier alpha value is -2.10. The van der Waals surface area contributed by atoms with Gasteiger partial charge in [0.25, 0.3) is 6.71 Å². The average molecular weight is 300 g/mol. The second kappa shape index (κ2) is 8.37. The molecule has 0 atom stereocenters. The molecule has 1 saturated heterocycles. The molecule has 1 N–H and O–H groups in total. The topological polar surface area (TPSA) is 91.8 Å². The van der Waals surface area contributed by atoms with Gasteiger partial charge in [0.05, 0.1) is 0 Å². The zero-order valence-corrected chi connectivity index (χ0v) is 12.7. The molecule has 0 aliphatic carbocycles. The molecule has 6 nitrogen and oxygen atoms in total. The molecule has 2 heterocycles. The molecule has 0 unspecified atom stereocenters. The van der Waals surface area contributed by atoms with Crippen molar-refractivity contribution in [2.45, 2.75) is 44.7 Å². The highest BCUT2D eigenvalue weighted by Gasteiger charge is 2.23. The van der Waals surface area contributed by atoms with E-state index in [4.69, 9.17) is 5.26 Å². The fraction of sp³-hybridized carbons (Fsp3) is 0.600. The van der Waals surface area contributed by atoms with E-state index < -0.39 is 4.92 Å². The van der Waals surface area contributed by atoms with Crippen molar-refractivity contribution < 1.29 is 4.92 Å². The molecule has 1 aromatic heterocycles. The van der Waals surface area contributed by atoms with Crippen molar-refractivity contribution in [3.63, 3.8) is 0 Å². The van der Waals surface area contributed by atoms with Crippen LogP contribution in [0, 0.1) is 27.3 Å². The zero-order valence-electron chi connectivity index (χ0n) is 12.7. The normalized spacial score (nSPS) is 15.3. The minimum absolute atomic E-state index is 0.126. The number of pyridine rings is 1. The van der Waals surface area contributed by atoms with E-state index >= 15 is 0 Å². The predicted octanol–water partition coefficient (Wildman–Crippen LogP) is 3.54. The molecule has 1 aromatic rings. The van der Waals surface area contributed by atoms with Gasteiger partial charge in [0.2, 0.25) is 5.82 Å². The monoisotopic (exact) mass is 300 g/mol. The number of nitro groups is 1. The van der Waals surface area contributed by atoms with Gasteiger partial charge in [-0.05, 0) is 28.3 Å². The minimum atomic E-state index is -0.483. The Kier molecular flexibility index (Phi) is 6.20. The number of nitrogens with zero attached hydrogens (tertiary/aromatic N) is 3. The summed E-state index contributed by atoms with van der Waals surface area (Å²) in [5, 5.41) is 22.7. The van der Waals surface area contributed by atoms with Gasteiger partial charge in [0, 0.05) is 24.6 Å². The van der Waals surface area contributed by atoms with Crippen LogP contribution in [0.4, 0.5) is 11.6 Å². The van der Waals surface area contributed by atoms with Crippen molar-refractivity contribution in [3.8, 4) is 5.97 Å². The zero-order chi connectivity index (χ0) is 15.8. The van der Waals surface area contributed by atoms with Gasteiger partial charge in [-0.15, -0.1) is 0 Å². The van der Waals surface area contributed by atoms with Gasteiger partial charge in [-0.2, -0.15) is 0 Å². The molecule has 2 rings (SSSR count). The summed E-state index contributed by atoms with van der Waals surface area (Å²) in [4.78, 5) is 14.1. The Morgan fingerprint density at radius 3 is 2.86 bits per heavy atom. The molecular formula is C15H21BN4O2. The quantitative estimate of drug-likeness (QED) is 0.360. The summed E-state index contributed by atoms with van der Waals surface area (Å²) in [6.07, 6.45) is 7.85. The number of hydrogen-bond donors (Lipinski definition) is 1. The van der Waals surface area contributed by atoms with E-state index in [-0.39, 0.29) is 12.5 Å². The maximum Gasteiger partial charge on any atom is 0.365 e. The third-order valence-corrected chi connectivity index (χ3v) is 4.30. The van der Waals surface area contributed by atoms with Crippen LogP contribution in [0.15, 0.2) is 18.2 Å². The molecule has 0 spiro atoms. The molecular weight excluding hydrogens is 279 g/mol. The number of nitriles is 1. The number of nitrogens with one attached hydrogen (secondary N) is 1. The molecule has 1 aliphatic heterocycles. The van der Waals surface area contributed by atoms with Crippen LogP contribution in [0.1, 0.15) is 32.1 Å². The minimum Gasteiger partial charge on any atom is -0.358 e. The molecule has 1 aliphatic rings. The maximum atomic E-state index is 10.6. The first-order valence-corrected chi connectivity index (χ1v) is 7.94. The lowest BCUT2D eigenvalue weighted by molar-refractivity contribution is -0.389. The highest BCUT2D eigenvalue weighted by molar-refractivity contribution is 6.67. The summed E-state index contributed by atoms with van der Waals surface area (Å²) in [6.45, 7) is 1.06. The van der Waals surface area contributed by atoms with Gasteiger partial charge in [-0.25, -0.2) is 5.26 Å². The number of anilines is 1. The fourth-order valence-corrected chi connectivity index (χ4v) is 2.98. The van der Waals surface area contributed by atoms with Gasteiger partial charge < -0.3 is 15.4 Å². The number of unbranched alkanes of at least 4 members (excludes halogenated alkanes) is 1. The number of aromatic nitrogens is 1. The van der Waals surface area contributed by atoms with Gasteiger partial charge in [0.1, 0.15) is 0 Å². The lowest BCUT2D eigenvalue weighted by atomic mass is 9.41. The lowest BCUT2D eigenvalue weighted by Crippen LogP contribution is -2.20. The van der Waals surface area contributed by atoms with Crippen LogP contribution in [0.3, 0.4) is 0 Å². The Bertz CT molecular complexity index is 539. The van der Waals surface area contributed by atoms with Crippen molar-refractivity contribution >= 4 is 18.3 Å². The van der Waals surface area contributed by atoms with Crippen LogP contribution >= 0.6 is 0 Å². The average Bonchev–Trinajstić information content (AvgIpc) is 2.55. The Morgan fingerprint density at radius 1 is 1.41 bits per heavy atom. The summed E-state index contributed by atoms with van der Waals surface area (Å²) in [6, 6.07) is 4.78. The van der Waals surface area contributed by atoms with Crippen molar-refractivity contribution in [1.29, 1.82) is 5.26 Å². The fourth-order valence-electron chi connectivity index (χ4n) is 2.98. The second-order valence-electron chi connectivity index (χ2n) is 5.91. The Labute approximate surface area is 131 Å². The summed E-state index contributed by atoms with van der Waals surface area (Å²) >= 11 is 0. The first-order valence-electron chi connectivity index (χ1n) is 7.94. The van der Waals surface area contributed by atoms with Crippen LogP contribution in [-0.2, 0) is 0 Å². The maximum absolute atomic E-state index is 10.6. The van der Waals surface area contributed by atoms with Crippen molar-refractivity contribution in [1.82, 2.24) is 4.98 Å². The van der Waals surface area contributed by atoms with E-state index in [0.717, 1.165) is 37.9 Å². The number of hydrogen-bond acceptors (Lipinski definition) is 5. The molecule has 116 valence electrons. The predicted molar refractivity (Wildman–Crippen MR) is 86.9 cm³/mol. The van der Waals surface area contributed by atoms with Gasteiger partial charge in [-0.1, -0.05) is 38.3 Å². The van der Waals surface area contributed by atoms with Crippen LogP contribution < -0.4 is 5.32 Å². The van der Waals surface area contributed by atoms with Gasteiger partial charge >= 0.3 is 5.82 Å². The molecule has 0 aromatic carbocycles. The van der Waals surface area contributed by atoms with E-state index in [1.807, 2.05) is 0 Å². The molecule has 0 bridgehead atoms. The standard InChI is InChI=1S/C15H21BN4O2/c17-12-16-9-7-13(8-10-16)4-1-2-11-18-14-5-3-6-15(19-14)20(21)22/h3,5-6,13H,1-2,4,7-11H2,(H,18,19). The van der Waals surface area contributed by atoms with E-state index in [1.165, 1.54) is 25.3 Å². The van der Waals surface area contributed by atoms with E-state index in [9.17, 15) is 10.1 Å². The summed E-state index contributed by atoms with van der Waals surface area (Å²) in [5.74, 6) is 3.56. The third kappa shape index (κ3) is 5.03. The number of rotatable bonds is 7. The van der Waals surface area contributed by atoms with Crippen LogP contribution in [0.2, 0.25) is 12.6 Å². The van der Waals surface area contributed by atoms with Crippen LogP contribution in [-0.4, -0.2) is 23.2 Å². The summed E-state index contributed by atoms with van der Waals surface area (Å²) in [7, 11) is 0. The molecule has 22 heavy (non-hydrogen) atoms. The molecule has 0 amide bonds. The highest BCUT2D eigenvalue weighted by atomic mass is 16.6. The molecule has 7 heteroatoms. The molecule has 1 fully saturated rings. The van der Waals surface area contributed by atoms with E-state index in [0.29, 0.717) is 5.82 Å². The Morgan fingerprint density at radius 2 is 2.18 bits per heavy atom. The van der Waals surface area contributed by atoms with Gasteiger partial charge in [0.15, 0.2) is 0 Å². The smallest absolute Gasteiger partial charge is 0.358 e. The van der Waals surface area contributed by atoms with E-state index in [1.54, 1.807) is 12.1 Å². The van der Waals surface area contributed by atoms with Crippen molar-refractivity contribution in [3.05, 3.63) is 28.3 Å². The third-order valence-electron chi connectivity index (χ3n) is 4.30. The first kappa shape index (κ1) is 16.3. The van der Waals surface area contributed by atoms with E-state index in [2.05, 4.69) is 16.3 Å². The second-order valence-corrected chi connectivity index (χ2v) is 5.91. The van der Waals surface area contributed by atoms with Crippen molar-refractivity contribution in [2.75, 3.05) is 11.9 Å².